The van der Waals surface area contributed by atoms with Gasteiger partial charge in [0.1, 0.15) is 12.4 Å². The fraction of sp³-hybridized carbons (Fsp3) is 0.111. The van der Waals surface area contributed by atoms with Crippen LogP contribution >= 0.6 is 11.6 Å². The Kier molecular flexibility index (Phi) is 4.60. The summed E-state index contributed by atoms with van der Waals surface area (Å²) in [5.74, 6) is 0.660. The van der Waals surface area contributed by atoms with E-state index in [1.165, 1.54) is 0 Å². The van der Waals surface area contributed by atoms with Crippen LogP contribution in [0.25, 0.3) is 0 Å². The fourth-order valence-electron chi connectivity index (χ4n) is 2.33. The third-order valence-corrected chi connectivity index (χ3v) is 3.87. The first-order chi connectivity index (χ1) is 11.3. The van der Waals surface area contributed by atoms with Gasteiger partial charge < -0.3 is 9.30 Å². The molecule has 0 aliphatic carbocycles. The Labute approximate surface area is 139 Å². The van der Waals surface area contributed by atoms with Crippen LogP contribution in [0, 0.1) is 11.3 Å². The summed E-state index contributed by atoms with van der Waals surface area (Å²) in [6.45, 7) is 0.346. The molecule has 0 amide bonds. The molecule has 0 radical (unpaired) electrons. The van der Waals surface area contributed by atoms with E-state index in [1.807, 2.05) is 48.5 Å². The largest absolute Gasteiger partial charge is 0.488 e. The molecule has 0 bridgehead atoms. The van der Waals surface area contributed by atoms with E-state index in [0.717, 1.165) is 11.1 Å². The molecule has 1 heterocycles. The number of ether oxygens (including phenoxy) is 1. The van der Waals surface area contributed by atoms with Crippen LogP contribution in [0.1, 0.15) is 17.2 Å². The molecule has 0 saturated carbocycles. The SMILES string of the molecule is N#CC(c1ccccc1OCc1ccccc1Cl)n1ccnc1. The van der Waals surface area contributed by atoms with E-state index in [0.29, 0.717) is 17.4 Å². The van der Waals surface area contributed by atoms with Gasteiger partial charge in [-0.3, -0.25) is 0 Å². The molecule has 0 N–H and O–H groups in total. The maximum Gasteiger partial charge on any atom is 0.150 e. The molecular formula is C18H14ClN3O. The number of rotatable bonds is 5. The highest BCUT2D eigenvalue weighted by atomic mass is 35.5. The summed E-state index contributed by atoms with van der Waals surface area (Å²) in [6, 6.07) is 16.9. The standard InChI is InChI=1S/C18H14ClN3O/c19-16-7-3-1-5-14(16)12-23-18-8-4-2-6-15(18)17(11-20)22-10-9-21-13-22/h1-10,13,17H,12H2. The van der Waals surface area contributed by atoms with Crippen molar-refractivity contribution in [2.75, 3.05) is 0 Å². The number of nitriles is 1. The number of halogens is 1. The van der Waals surface area contributed by atoms with E-state index in [4.69, 9.17) is 16.3 Å². The normalized spacial score (nSPS) is 11.7. The van der Waals surface area contributed by atoms with E-state index >= 15 is 0 Å². The Hall–Kier alpha value is -2.77. The third kappa shape index (κ3) is 3.36. The van der Waals surface area contributed by atoms with Crippen LogP contribution in [-0.2, 0) is 6.61 Å². The highest BCUT2D eigenvalue weighted by Crippen LogP contribution is 2.28. The van der Waals surface area contributed by atoms with E-state index in [-0.39, 0.29) is 0 Å². The summed E-state index contributed by atoms with van der Waals surface area (Å²) in [7, 11) is 0. The highest BCUT2D eigenvalue weighted by Gasteiger charge is 2.17. The Morgan fingerprint density at radius 2 is 1.96 bits per heavy atom. The molecule has 1 unspecified atom stereocenters. The monoisotopic (exact) mass is 323 g/mol. The van der Waals surface area contributed by atoms with Crippen molar-refractivity contribution < 1.29 is 4.74 Å². The molecule has 4 nitrogen and oxygen atoms in total. The maximum absolute atomic E-state index is 9.53. The maximum atomic E-state index is 9.53. The summed E-state index contributed by atoms with van der Waals surface area (Å²) in [6.07, 6.45) is 5.04. The number of hydrogen-bond acceptors (Lipinski definition) is 3. The zero-order chi connectivity index (χ0) is 16.1. The molecule has 1 aromatic heterocycles. The molecule has 114 valence electrons. The molecule has 2 aromatic carbocycles. The van der Waals surface area contributed by atoms with Gasteiger partial charge in [0.25, 0.3) is 0 Å². The lowest BCUT2D eigenvalue weighted by Crippen LogP contribution is -2.09. The first-order valence-corrected chi connectivity index (χ1v) is 7.49. The summed E-state index contributed by atoms with van der Waals surface area (Å²) in [5, 5.41) is 10.2. The second-order valence-corrected chi connectivity index (χ2v) is 5.37. The Morgan fingerprint density at radius 1 is 1.17 bits per heavy atom. The predicted molar refractivity (Wildman–Crippen MR) is 88.2 cm³/mol. The number of nitrogens with zero attached hydrogens (tertiary/aromatic N) is 3. The van der Waals surface area contributed by atoms with Gasteiger partial charge in [0.15, 0.2) is 6.04 Å². The van der Waals surface area contributed by atoms with Gasteiger partial charge in [-0.25, -0.2) is 4.98 Å². The van der Waals surface area contributed by atoms with Crippen LogP contribution < -0.4 is 4.74 Å². The van der Waals surface area contributed by atoms with Crippen molar-refractivity contribution in [3.05, 3.63) is 83.4 Å². The molecule has 5 heteroatoms. The summed E-state index contributed by atoms with van der Waals surface area (Å²) in [4.78, 5) is 4.00. The molecule has 0 spiro atoms. The average Bonchev–Trinajstić information content (AvgIpc) is 3.10. The van der Waals surface area contributed by atoms with Crippen molar-refractivity contribution >= 4 is 11.6 Å². The molecule has 0 aliphatic heterocycles. The van der Waals surface area contributed by atoms with E-state index in [1.54, 1.807) is 23.3 Å². The highest BCUT2D eigenvalue weighted by molar-refractivity contribution is 6.31. The lowest BCUT2D eigenvalue weighted by Gasteiger charge is -2.16. The zero-order valence-electron chi connectivity index (χ0n) is 12.3. The van der Waals surface area contributed by atoms with E-state index in [2.05, 4.69) is 11.1 Å². The van der Waals surface area contributed by atoms with Crippen LogP contribution in [0.3, 0.4) is 0 Å². The van der Waals surface area contributed by atoms with Gasteiger partial charge in [0, 0.05) is 28.5 Å². The topological polar surface area (TPSA) is 50.8 Å². The number of aromatic nitrogens is 2. The van der Waals surface area contributed by atoms with Gasteiger partial charge in [0.2, 0.25) is 0 Å². The molecular weight excluding hydrogens is 310 g/mol. The molecule has 23 heavy (non-hydrogen) atoms. The van der Waals surface area contributed by atoms with Gasteiger partial charge in [-0.2, -0.15) is 5.26 Å². The Bertz CT molecular complexity index is 824. The van der Waals surface area contributed by atoms with Crippen molar-refractivity contribution in [1.29, 1.82) is 5.26 Å². The minimum absolute atomic E-state index is 0.346. The van der Waals surface area contributed by atoms with E-state index < -0.39 is 6.04 Å². The van der Waals surface area contributed by atoms with E-state index in [9.17, 15) is 5.26 Å². The lowest BCUT2D eigenvalue weighted by molar-refractivity contribution is 0.301. The van der Waals surface area contributed by atoms with Crippen molar-refractivity contribution in [3.8, 4) is 11.8 Å². The van der Waals surface area contributed by atoms with Crippen molar-refractivity contribution in [1.82, 2.24) is 9.55 Å². The number of benzene rings is 2. The number of imidazole rings is 1. The predicted octanol–water partition coefficient (Wildman–Crippen LogP) is 4.23. The molecule has 0 saturated heterocycles. The van der Waals surface area contributed by atoms with Crippen molar-refractivity contribution in [2.24, 2.45) is 0 Å². The third-order valence-electron chi connectivity index (χ3n) is 3.50. The Morgan fingerprint density at radius 3 is 2.70 bits per heavy atom. The molecule has 1 atom stereocenters. The molecule has 0 aliphatic rings. The second-order valence-electron chi connectivity index (χ2n) is 4.96. The van der Waals surface area contributed by atoms with Gasteiger partial charge >= 0.3 is 0 Å². The minimum atomic E-state index is -0.486. The molecule has 3 aromatic rings. The van der Waals surface area contributed by atoms with Gasteiger partial charge in [-0.05, 0) is 12.1 Å². The molecule has 0 fully saturated rings. The van der Waals surface area contributed by atoms with Crippen LogP contribution in [0.2, 0.25) is 5.02 Å². The summed E-state index contributed by atoms with van der Waals surface area (Å²) in [5.41, 5.74) is 1.69. The van der Waals surface area contributed by atoms with Crippen LogP contribution in [0.15, 0.2) is 67.3 Å². The molecule has 3 rings (SSSR count). The summed E-state index contributed by atoms with van der Waals surface area (Å²) < 4.78 is 7.66. The van der Waals surface area contributed by atoms with Crippen molar-refractivity contribution in [2.45, 2.75) is 12.6 Å². The lowest BCUT2D eigenvalue weighted by atomic mass is 10.1. The smallest absolute Gasteiger partial charge is 0.150 e. The quantitative estimate of drug-likeness (QED) is 0.706. The summed E-state index contributed by atoms with van der Waals surface area (Å²) >= 11 is 6.16. The number of hydrogen-bond donors (Lipinski definition) is 0. The van der Waals surface area contributed by atoms with Gasteiger partial charge in [-0.15, -0.1) is 0 Å². The number of para-hydroxylation sites is 1. The first kappa shape index (κ1) is 15.1. The zero-order valence-corrected chi connectivity index (χ0v) is 13.0. The van der Waals surface area contributed by atoms with Crippen LogP contribution in [-0.4, -0.2) is 9.55 Å². The Balaban J connectivity index is 1.86. The first-order valence-electron chi connectivity index (χ1n) is 7.12. The second kappa shape index (κ2) is 6.99. The minimum Gasteiger partial charge on any atom is -0.488 e. The average molecular weight is 324 g/mol. The van der Waals surface area contributed by atoms with Gasteiger partial charge in [0.05, 0.1) is 12.4 Å². The van der Waals surface area contributed by atoms with Crippen LogP contribution in [0.5, 0.6) is 5.75 Å². The van der Waals surface area contributed by atoms with Crippen LogP contribution in [0.4, 0.5) is 0 Å². The van der Waals surface area contributed by atoms with Crippen molar-refractivity contribution in [3.63, 3.8) is 0 Å². The van der Waals surface area contributed by atoms with Gasteiger partial charge in [-0.1, -0.05) is 48.0 Å². The fourth-order valence-corrected chi connectivity index (χ4v) is 2.52.